The van der Waals surface area contributed by atoms with Gasteiger partial charge in [-0.3, -0.25) is 0 Å². The maximum absolute atomic E-state index is 2.62. The predicted molar refractivity (Wildman–Crippen MR) is 236 cm³/mol. The van der Waals surface area contributed by atoms with Gasteiger partial charge in [-0.15, -0.1) is 0 Å². The van der Waals surface area contributed by atoms with Gasteiger partial charge < -0.3 is 0 Å². The van der Waals surface area contributed by atoms with Crippen LogP contribution in [0.5, 0.6) is 0 Å². The topological polar surface area (TPSA) is 0 Å². The molecule has 1 aromatic carbocycles. The van der Waals surface area contributed by atoms with Crippen LogP contribution in [0, 0.1) is 0 Å². The number of rotatable bonds is 14. The van der Waals surface area contributed by atoms with E-state index in [2.05, 4.69) is 148 Å². The Kier molecular flexibility index (Phi) is 11.2. The molecule has 7 aromatic rings. The Morgan fingerprint density at radius 3 is 1.25 bits per heavy atom. The third-order valence-electron chi connectivity index (χ3n) is 9.53. The third kappa shape index (κ3) is 7.19. The number of hydrogen-bond acceptors (Lipinski definition) is 6. The van der Waals surface area contributed by atoms with Crippen LogP contribution in [0.2, 0.25) is 29.6 Å². The van der Waals surface area contributed by atoms with Crippen molar-refractivity contribution in [1.82, 2.24) is 0 Å². The fourth-order valence-electron chi connectivity index (χ4n) is 6.76. The van der Waals surface area contributed by atoms with Crippen molar-refractivity contribution in [2.45, 2.75) is 108 Å². The molecule has 6 heterocycles. The van der Waals surface area contributed by atoms with Gasteiger partial charge in [0.1, 0.15) is 0 Å². The van der Waals surface area contributed by atoms with Crippen molar-refractivity contribution in [3.05, 3.63) is 46.2 Å². The Bertz CT molecular complexity index is 2040. The summed E-state index contributed by atoms with van der Waals surface area (Å²) in [5.41, 5.74) is 3.09. The fraction of sp³-hybridized carbons (Fsp3) is 0.450. The van der Waals surface area contributed by atoms with Gasteiger partial charge >= 0.3 is 298 Å². The first-order valence-electron chi connectivity index (χ1n) is 18.0. The Morgan fingerprint density at radius 2 is 0.875 bits per heavy atom. The number of hydrogen-bond donors (Lipinski definition) is 0. The molecular weight excluding hydrogens is 910 g/mol. The van der Waals surface area contributed by atoms with E-state index in [-0.39, 0.29) is 0 Å². The molecule has 0 atom stereocenters. The predicted octanol–water partition coefficient (Wildman–Crippen LogP) is 15.3. The number of aryl methyl sites for hydroxylation is 2. The maximum atomic E-state index is 2.62. The summed E-state index contributed by atoms with van der Waals surface area (Å²) in [6, 6.07) is 15.1. The summed E-state index contributed by atoms with van der Waals surface area (Å²) >= 11 is 8.20. The molecular formula is C40H50S6Sn2. The standard InChI is InChI=1S/C34H32S6.6CH3.2Sn/c1-3-5-7-9-11-21-13-15-23(37-21)27-29-31-25(17-19-35-31)40-34(29)28(30-32-26(18-20-36-32)39-33(27)30)24-16-14-22(38-24)12-10-8-6-4-2;;;;;;;;/h13-18H,3-12H2,1-2H3;6*1H3;;. The second kappa shape index (κ2) is 14.8. The normalized spacial score (nSPS) is 13.0. The number of benzene rings is 1. The third-order valence-corrected chi connectivity index (χ3v) is 35.6. The van der Waals surface area contributed by atoms with Crippen LogP contribution in [-0.4, -0.2) is 36.8 Å². The summed E-state index contributed by atoms with van der Waals surface area (Å²) in [7, 11) is 0. The van der Waals surface area contributed by atoms with Crippen molar-refractivity contribution in [3.63, 3.8) is 0 Å². The van der Waals surface area contributed by atoms with E-state index in [1.807, 2.05) is 0 Å². The van der Waals surface area contributed by atoms with Gasteiger partial charge in [-0.2, -0.15) is 0 Å². The first kappa shape index (κ1) is 36.4. The molecule has 0 fully saturated rings. The molecule has 0 saturated carbocycles. The van der Waals surface area contributed by atoms with Crippen LogP contribution in [0.4, 0.5) is 0 Å². The van der Waals surface area contributed by atoms with E-state index >= 15 is 0 Å². The molecule has 0 spiro atoms. The Labute approximate surface area is 320 Å². The fourth-order valence-corrected chi connectivity index (χ4v) is 25.5. The summed E-state index contributed by atoms with van der Waals surface area (Å²) in [5.74, 6) is 0. The van der Waals surface area contributed by atoms with Crippen LogP contribution in [-0.2, 0) is 12.8 Å². The second-order valence-corrected chi connectivity index (χ2v) is 53.0. The van der Waals surface area contributed by atoms with Gasteiger partial charge in [0, 0.05) is 0 Å². The van der Waals surface area contributed by atoms with Gasteiger partial charge in [-0.05, 0) is 0 Å². The van der Waals surface area contributed by atoms with E-state index in [4.69, 9.17) is 0 Å². The van der Waals surface area contributed by atoms with Crippen LogP contribution in [0.1, 0.15) is 75.0 Å². The minimum atomic E-state index is -2.24. The van der Waals surface area contributed by atoms with E-state index in [1.165, 1.54) is 83.4 Å². The molecule has 0 saturated heterocycles. The zero-order valence-corrected chi connectivity index (χ0v) is 40.6. The van der Waals surface area contributed by atoms with Crippen molar-refractivity contribution in [2.24, 2.45) is 0 Å². The molecule has 0 aliphatic rings. The molecule has 7 rings (SSSR count). The van der Waals surface area contributed by atoms with Crippen LogP contribution >= 0.6 is 68.0 Å². The molecule has 6 aromatic heterocycles. The Morgan fingerprint density at radius 1 is 0.458 bits per heavy atom. The SMILES string of the molecule is CCCCCCc1ccc(-c2c3sc4c[c]([Sn]([CH3])([CH3])[CH3])sc4c3c(-c3ccc(CCCCCC)s3)c3sc4c[c]([Sn]([CH3])([CH3])[CH3])sc4c23)s1. The van der Waals surface area contributed by atoms with Crippen LogP contribution in [0.25, 0.3) is 59.9 Å². The first-order valence-corrected chi connectivity index (χ1v) is 42.9. The molecule has 0 amide bonds. The van der Waals surface area contributed by atoms with Gasteiger partial charge in [0.05, 0.1) is 0 Å². The molecule has 48 heavy (non-hydrogen) atoms. The molecule has 0 nitrogen and oxygen atoms in total. The minimum absolute atomic E-state index is 1.22. The summed E-state index contributed by atoms with van der Waals surface area (Å²) in [6.07, 6.45) is 13.0. The average molecular weight is 961 g/mol. The first-order chi connectivity index (χ1) is 23.0. The van der Waals surface area contributed by atoms with Gasteiger partial charge in [-0.25, -0.2) is 0 Å². The molecule has 0 N–H and O–H groups in total. The molecule has 0 aliphatic carbocycles. The summed E-state index contributed by atoms with van der Waals surface area (Å²) < 4.78 is 12.7. The van der Waals surface area contributed by atoms with Gasteiger partial charge in [0.25, 0.3) is 0 Å². The van der Waals surface area contributed by atoms with E-state index in [1.54, 1.807) is 56.2 Å². The zero-order chi connectivity index (χ0) is 33.8. The molecule has 0 bridgehead atoms. The van der Waals surface area contributed by atoms with Crippen molar-refractivity contribution in [2.75, 3.05) is 0 Å². The quantitative estimate of drug-likeness (QED) is 0.0753. The Balaban J connectivity index is 1.51. The van der Waals surface area contributed by atoms with E-state index in [0.29, 0.717) is 0 Å². The number of unbranched alkanes of at least 4 members (excludes halogenated alkanes) is 6. The average Bonchev–Trinajstić information content (AvgIpc) is 3.85. The monoisotopic (exact) mass is 962 g/mol. The molecule has 0 aliphatic heterocycles. The summed E-state index contributed by atoms with van der Waals surface area (Å²) in [6.45, 7) is 4.63. The molecule has 254 valence electrons. The van der Waals surface area contributed by atoms with E-state index in [9.17, 15) is 0 Å². The van der Waals surface area contributed by atoms with Crippen LogP contribution in [0.15, 0.2) is 36.4 Å². The van der Waals surface area contributed by atoms with Crippen LogP contribution < -0.4 is 5.79 Å². The van der Waals surface area contributed by atoms with Crippen LogP contribution in [0.3, 0.4) is 0 Å². The van der Waals surface area contributed by atoms with Crippen molar-refractivity contribution < 1.29 is 0 Å². The van der Waals surface area contributed by atoms with E-state index < -0.39 is 36.8 Å². The van der Waals surface area contributed by atoms with Crippen molar-refractivity contribution in [3.8, 4) is 20.9 Å². The second-order valence-electron chi connectivity index (χ2n) is 15.6. The zero-order valence-electron chi connectivity index (χ0n) is 30.0. The van der Waals surface area contributed by atoms with Crippen molar-refractivity contribution >= 4 is 150 Å². The Hall–Kier alpha value is 0.0574. The summed E-state index contributed by atoms with van der Waals surface area (Å²) in [4.78, 5) is 21.6. The number of fused-ring (bicyclic) bond motifs is 6. The summed E-state index contributed by atoms with van der Waals surface area (Å²) in [5, 5.41) is 3.12. The van der Waals surface area contributed by atoms with E-state index in [0.717, 1.165) is 0 Å². The number of thiophene rings is 6. The van der Waals surface area contributed by atoms with Gasteiger partial charge in [0.2, 0.25) is 0 Å². The molecule has 8 heteroatoms. The van der Waals surface area contributed by atoms with Gasteiger partial charge in [-0.1, -0.05) is 26.7 Å². The molecule has 0 unspecified atom stereocenters. The van der Waals surface area contributed by atoms with Gasteiger partial charge in [0.15, 0.2) is 0 Å². The van der Waals surface area contributed by atoms with Crippen molar-refractivity contribution in [1.29, 1.82) is 0 Å². The molecule has 0 radical (unpaired) electrons.